The first kappa shape index (κ1) is 11.5. The largest absolute Gasteiger partial charge is 2.00 e. The Morgan fingerprint density at radius 1 is 1.38 bits per heavy atom. The van der Waals surface area contributed by atoms with Crippen molar-refractivity contribution in [3.63, 3.8) is 0 Å². The minimum absolute atomic E-state index is 0. The van der Waals surface area contributed by atoms with Gasteiger partial charge in [-0.3, -0.25) is 4.57 Å². The van der Waals surface area contributed by atoms with Gasteiger partial charge < -0.3 is 13.9 Å². The van der Waals surface area contributed by atoms with Gasteiger partial charge in [-0.25, -0.2) is 0 Å². The van der Waals surface area contributed by atoms with Crippen molar-refractivity contribution in [2.24, 2.45) is 0 Å². The van der Waals surface area contributed by atoms with Crippen LogP contribution < -0.4 is 4.89 Å². The average molecular weight is 190 g/mol. The van der Waals surface area contributed by atoms with Crippen molar-refractivity contribution >= 4 is 7.82 Å². The number of hydrogen-bond acceptors (Lipinski definition) is 4. The van der Waals surface area contributed by atoms with Gasteiger partial charge in [0.1, 0.15) is 0 Å². The van der Waals surface area contributed by atoms with Crippen molar-refractivity contribution in [2.75, 3.05) is 14.2 Å². The Labute approximate surface area is 60.6 Å². The molecule has 8 heavy (non-hydrogen) atoms. The summed E-state index contributed by atoms with van der Waals surface area (Å²) >= 11 is 0. The third-order valence-electron chi connectivity index (χ3n) is 0.447. The summed E-state index contributed by atoms with van der Waals surface area (Å²) in [6.07, 6.45) is 0. The fourth-order valence-electron chi connectivity index (χ4n) is 0.0745. The van der Waals surface area contributed by atoms with E-state index >= 15 is 0 Å². The molecule has 0 aromatic heterocycles. The van der Waals surface area contributed by atoms with Crippen LogP contribution in [0.4, 0.5) is 0 Å². The molecule has 0 atom stereocenters. The van der Waals surface area contributed by atoms with Crippen LogP contribution in [-0.4, -0.2) is 14.2 Å². The van der Waals surface area contributed by atoms with Gasteiger partial charge in [0.05, 0.1) is 0 Å². The quantitative estimate of drug-likeness (QED) is 0.445. The average Bonchev–Trinajstić information content (AvgIpc) is 1.68. The van der Waals surface area contributed by atoms with Crippen molar-refractivity contribution in [3.8, 4) is 0 Å². The molecule has 0 spiro atoms. The van der Waals surface area contributed by atoms with Gasteiger partial charge in [-0.1, -0.05) is 0 Å². The predicted octanol–water partition coefficient (Wildman–Crippen LogP) is -0.255. The number of phosphoric acid groups is 1. The predicted molar refractivity (Wildman–Crippen MR) is 21.6 cm³/mol. The molecular weight excluding hydrogens is 184 g/mol. The normalized spacial score (nSPS) is 10.4. The molecule has 0 fully saturated rings. The zero-order chi connectivity index (χ0) is 5.91. The smallest absolute Gasteiger partial charge is 0.756 e. The molecule has 44 valence electrons. The van der Waals surface area contributed by atoms with Gasteiger partial charge in [0.15, 0.2) is 0 Å². The second-order valence-corrected chi connectivity index (χ2v) is 2.44. The molecule has 6 heteroatoms. The van der Waals surface area contributed by atoms with Gasteiger partial charge in [-0.2, -0.15) is 0 Å². The van der Waals surface area contributed by atoms with Crippen LogP contribution in [0, 0.1) is 0 Å². The van der Waals surface area contributed by atoms with Crippen molar-refractivity contribution in [1.29, 1.82) is 0 Å². The van der Waals surface area contributed by atoms with Gasteiger partial charge in [0.25, 0.3) is 7.82 Å². The molecule has 0 aromatic rings. The molecule has 0 saturated heterocycles. The van der Waals surface area contributed by atoms with Crippen molar-refractivity contribution in [2.45, 2.75) is 0 Å². The standard InChI is InChI=1S/C2H7O4P.Zn/c1-5-7(3,4)6-2;/h1-2H3,(H,3,4);/q;+2/p-1. The second kappa shape index (κ2) is 4.60. The van der Waals surface area contributed by atoms with E-state index in [1.54, 1.807) is 0 Å². The summed E-state index contributed by atoms with van der Waals surface area (Å²) < 4.78 is 17.7. The maximum Gasteiger partial charge on any atom is 2.00 e. The van der Waals surface area contributed by atoms with Crippen LogP contribution in [0.25, 0.3) is 0 Å². The van der Waals surface area contributed by atoms with E-state index in [0.29, 0.717) is 0 Å². The minimum Gasteiger partial charge on any atom is -0.756 e. The van der Waals surface area contributed by atoms with Crippen LogP contribution in [-0.2, 0) is 33.1 Å². The topological polar surface area (TPSA) is 58.6 Å². The zero-order valence-electron chi connectivity index (χ0n) is 4.79. The van der Waals surface area contributed by atoms with E-state index in [1.807, 2.05) is 0 Å². The van der Waals surface area contributed by atoms with Gasteiger partial charge >= 0.3 is 19.5 Å². The molecule has 0 saturated carbocycles. The number of rotatable bonds is 2. The molecule has 0 aromatic carbocycles. The van der Waals surface area contributed by atoms with Crippen LogP contribution >= 0.6 is 7.82 Å². The Morgan fingerprint density at radius 3 is 1.62 bits per heavy atom. The summed E-state index contributed by atoms with van der Waals surface area (Å²) in [4.78, 5) is 9.95. The van der Waals surface area contributed by atoms with E-state index in [-0.39, 0.29) is 19.5 Å². The van der Waals surface area contributed by atoms with Crippen molar-refractivity contribution < 1.29 is 38.0 Å². The molecule has 0 unspecified atom stereocenters. The molecule has 0 amide bonds. The van der Waals surface area contributed by atoms with Gasteiger partial charge in [-0.05, 0) is 0 Å². The molecule has 0 rings (SSSR count). The van der Waals surface area contributed by atoms with Crippen molar-refractivity contribution in [3.05, 3.63) is 0 Å². The van der Waals surface area contributed by atoms with E-state index in [4.69, 9.17) is 0 Å². The second-order valence-electron chi connectivity index (χ2n) is 0.812. The fourth-order valence-corrected chi connectivity index (χ4v) is 0.224. The van der Waals surface area contributed by atoms with Gasteiger partial charge in [0.2, 0.25) is 0 Å². The van der Waals surface area contributed by atoms with Crippen LogP contribution in [0.1, 0.15) is 0 Å². The molecule has 0 heterocycles. The third kappa shape index (κ3) is 4.88. The summed E-state index contributed by atoms with van der Waals surface area (Å²) in [5.74, 6) is 0. The molecule has 0 aliphatic rings. The maximum atomic E-state index is 9.95. The number of phosphoric ester groups is 1. The van der Waals surface area contributed by atoms with Gasteiger partial charge in [-0.15, -0.1) is 0 Å². The molecule has 0 aliphatic heterocycles. The Bertz CT molecular complexity index is 86.0. The number of hydrogen-bond donors (Lipinski definition) is 0. The first-order valence-electron chi connectivity index (χ1n) is 1.55. The van der Waals surface area contributed by atoms with Crippen molar-refractivity contribution in [1.82, 2.24) is 0 Å². The molecular formula is C2H6O4PZn+. The molecule has 0 radical (unpaired) electrons. The van der Waals surface area contributed by atoms with E-state index in [2.05, 4.69) is 9.05 Å². The van der Waals surface area contributed by atoms with Crippen LogP contribution in [0.3, 0.4) is 0 Å². The van der Waals surface area contributed by atoms with Crippen LogP contribution in [0.5, 0.6) is 0 Å². The van der Waals surface area contributed by atoms with Crippen LogP contribution in [0.2, 0.25) is 0 Å². The Hall–Kier alpha value is 0.733. The van der Waals surface area contributed by atoms with E-state index in [1.165, 1.54) is 0 Å². The summed E-state index contributed by atoms with van der Waals surface area (Å²) in [5.41, 5.74) is 0. The van der Waals surface area contributed by atoms with E-state index in [0.717, 1.165) is 14.2 Å². The molecule has 4 nitrogen and oxygen atoms in total. The molecule has 0 aliphatic carbocycles. The zero-order valence-corrected chi connectivity index (χ0v) is 8.65. The maximum absolute atomic E-state index is 9.95. The fraction of sp³-hybridized carbons (Fsp3) is 1.00. The summed E-state index contributed by atoms with van der Waals surface area (Å²) in [6, 6.07) is 0. The first-order valence-corrected chi connectivity index (χ1v) is 3.01. The van der Waals surface area contributed by atoms with Crippen LogP contribution in [0.15, 0.2) is 0 Å². The Morgan fingerprint density at radius 2 is 1.62 bits per heavy atom. The summed E-state index contributed by atoms with van der Waals surface area (Å²) in [7, 11) is -1.83. The SMILES string of the molecule is COP(=O)([O-])OC.[Zn+2]. The minimum atomic E-state index is -3.90. The van der Waals surface area contributed by atoms with E-state index in [9.17, 15) is 9.46 Å². The first-order chi connectivity index (χ1) is 3.12. The molecule has 0 N–H and O–H groups in total. The Balaban J connectivity index is 0. The monoisotopic (exact) mass is 189 g/mol. The van der Waals surface area contributed by atoms with E-state index < -0.39 is 7.82 Å². The van der Waals surface area contributed by atoms with Gasteiger partial charge in [0, 0.05) is 14.2 Å². The molecule has 0 bridgehead atoms. The summed E-state index contributed by atoms with van der Waals surface area (Å²) in [6.45, 7) is 0. The summed E-state index contributed by atoms with van der Waals surface area (Å²) in [5, 5.41) is 0. The third-order valence-corrected chi connectivity index (χ3v) is 1.34. The Kier molecular flexibility index (Phi) is 6.62.